The molecular formula is C12H21N4OP. The predicted molar refractivity (Wildman–Crippen MR) is 74.9 cm³/mol. The topological polar surface area (TPSA) is 49.3 Å². The molecule has 6 heteroatoms. The fourth-order valence-electron chi connectivity index (χ4n) is 2.12. The molecule has 0 N–H and O–H groups in total. The number of anilines is 1. The van der Waals surface area contributed by atoms with Crippen LogP contribution in [-0.2, 0) is 4.57 Å². The highest BCUT2D eigenvalue weighted by molar-refractivity contribution is 7.62. The van der Waals surface area contributed by atoms with Crippen LogP contribution in [0.15, 0.2) is 12.4 Å². The number of rotatable bonds is 3. The Kier molecular flexibility index (Phi) is 4.03. The molecule has 2 rings (SSSR count). The number of hydrogen-bond donors (Lipinski definition) is 0. The fraction of sp³-hybridized carbons (Fsp3) is 0.667. The van der Waals surface area contributed by atoms with E-state index in [4.69, 9.17) is 0 Å². The van der Waals surface area contributed by atoms with Gasteiger partial charge >= 0.3 is 0 Å². The zero-order valence-electron chi connectivity index (χ0n) is 11.3. The Labute approximate surface area is 109 Å². The molecule has 0 aliphatic carbocycles. The van der Waals surface area contributed by atoms with Gasteiger partial charge in [-0.25, -0.2) is 9.97 Å². The minimum Gasteiger partial charge on any atom is -0.338 e. The van der Waals surface area contributed by atoms with Gasteiger partial charge in [0.1, 0.15) is 0 Å². The third kappa shape index (κ3) is 3.79. The van der Waals surface area contributed by atoms with Crippen molar-refractivity contribution in [3.05, 3.63) is 18.0 Å². The predicted octanol–water partition coefficient (Wildman–Crippen LogP) is 1.49. The Morgan fingerprint density at radius 3 is 2.22 bits per heavy atom. The number of piperazine rings is 1. The van der Waals surface area contributed by atoms with Crippen LogP contribution in [0.2, 0.25) is 0 Å². The maximum atomic E-state index is 11.8. The standard InChI is InChI=1S/C12H21N4OP/c1-11-8-13-12(14-9-11)16-6-4-15(5-7-16)10-18(2,3)17/h8-9H,4-7,10H2,1-3H3. The Hall–Kier alpha value is -0.930. The molecule has 5 nitrogen and oxygen atoms in total. The summed E-state index contributed by atoms with van der Waals surface area (Å²) >= 11 is 0. The molecule has 0 amide bonds. The largest absolute Gasteiger partial charge is 0.338 e. The van der Waals surface area contributed by atoms with Crippen molar-refractivity contribution in [3.8, 4) is 0 Å². The number of aromatic nitrogens is 2. The van der Waals surface area contributed by atoms with E-state index in [2.05, 4.69) is 19.8 Å². The van der Waals surface area contributed by atoms with E-state index in [1.54, 1.807) is 0 Å². The number of aryl methyl sites for hydroxylation is 1. The van der Waals surface area contributed by atoms with Gasteiger partial charge in [0, 0.05) is 38.6 Å². The van der Waals surface area contributed by atoms with E-state index in [1.165, 1.54) is 0 Å². The summed E-state index contributed by atoms with van der Waals surface area (Å²) in [7, 11) is -1.96. The quantitative estimate of drug-likeness (QED) is 0.777. The van der Waals surface area contributed by atoms with E-state index in [1.807, 2.05) is 32.6 Å². The molecule has 0 spiro atoms. The summed E-state index contributed by atoms with van der Waals surface area (Å²) in [6, 6.07) is 0. The molecular weight excluding hydrogens is 247 g/mol. The fourth-order valence-corrected chi connectivity index (χ4v) is 3.37. The van der Waals surface area contributed by atoms with Crippen LogP contribution in [-0.4, -0.2) is 60.7 Å². The molecule has 1 saturated heterocycles. The summed E-state index contributed by atoms with van der Waals surface area (Å²) in [6.45, 7) is 9.37. The molecule has 1 fully saturated rings. The van der Waals surface area contributed by atoms with Crippen molar-refractivity contribution in [1.82, 2.24) is 14.9 Å². The van der Waals surface area contributed by atoms with Crippen molar-refractivity contribution in [3.63, 3.8) is 0 Å². The van der Waals surface area contributed by atoms with Crippen LogP contribution in [0.5, 0.6) is 0 Å². The van der Waals surface area contributed by atoms with Crippen LogP contribution < -0.4 is 4.90 Å². The molecule has 0 bridgehead atoms. The normalized spacial score (nSPS) is 18.1. The average molecular weight is 268 g/mol. The Morgan fingerprint density at radius 2 is 1.72 bits per heavy atom. The summed E-state index contributed by atoms with van der Waals surface area (Å²) in [6.07, 6.45) is 4.41. The molecule has 0 aromatic carbocycles. The molecule has 0 atom stereocenters. The first-order chi connectivity index (χ1) is 8.44. The van der Waals surface area contributed by atoms with Crippen LogP contribution in [0.4, 0.5) is 5.95 Å². The third-order valence-corrected chi connectivity index (χ3v) is 4.04. The number of nitrogens with zero attached hydrogens (tertiary/aromatic N) is 4. The zero-order chi connectivity index (χ0) is 13.2. The summed E-state index contributed by atoms with van der Waals surface area (Å²) in [4.78, 5) is 13.1. The van der Waals surface area contributed by atoms with Gasteiger partial charge in [0.15, 0.2) is 0 Å². The van der Waals surface area contributed by atoms with Gasteiger partial charge in [-0.05, 0) is 25.8 Å². The van der Waals surface area contributed by atoms with Crippen molar-refractivity contribution in [2.75, 3.05) is 50.7 Å². The molecule has 1 aliphatic rings. The van der Waals surface area contributed by atoms with Gasteiger partial charge in [-0.3, -0.25) is 4.90 Å². The summed E-state index contributed by atoms with van der Waals surface area (Å²) in [5.41, 5.74) is 1.08. The van der Waals surface area contributed by atoms with Crippen LogP contribution in [0.25, 0.3) is 0 Å². The second kappa shape index (κ2) is 5.37. The first-order valence-corrected chi connectivity index (χ1v) is 9.03. The van der Waals surface area contributed by atoms with E-state index in [0.29, 0.717) is 0 Å². The minimum absolute atomic E-state index is 0.718. The van der Waals surface area contributed by atoms with E-state index in [9.17, 15) is 4.57 Å². The first-order valence-electron chi connectivity index (χ1n) is 6.24. The van der Waals surface area contributed by atoms with E-state index in [-0.39, 0.29) is 0 Å². The Morgan fingerprint density at radius 1 is 1.17 bits per heavy atom. The van der Waals surface area contributed by atoms with Gasteiger partial charge in [0.05, 0.1) is 13.4 Å². The molecule has 0 unspecified atom stereocenters. The molecule has 1 aliphatic heterocycles. The van der Waals surface area contributed by atoms with E-state index in [0.717, 1.165) is 44.0 Å². The van der Waals surface area contributed by atoms with Crippen LogP contribution in [0.1, 0.15) is 5.56 Å². The summed E-state index contributed by atoms with van der Waals surface area (Å²) in [5, 5.41) is 0. The van der Waals surface area contributed by atoms with Crippen molar-refractivity contribution in [1.29, 1.82) is 0 Å². The van der Waals surface area contributed by atoms with E-state index < -0.39 is 7.14 Å². The minimum atomic E-state index is -1.96. The monoisotopic (exact) mass is 268 g/mol. The zero-order valence-corrected chi connectivity index (χ0v) is 12.2. The maximum Gasteiger partial charge on any atom is 0.225 e. The lowest BCUT2D eigenvalue weighted by Gasteiger charge is -2.35. The van der Waals surface area contributed by atoms with Gasteiger partial charge in [0.25, 0.3) is 0 Å². The highest BCUT2D eigenvalue weighted by atomic mass is 31.2. The molecule has 100 valence electrons. The molecule has 1 aromatic rings. The molecule has 1 aromatic heterocycles. The molecule has 18 heavy (non-hydrogen) atoms. The Bertz CT molecular complexity index is 434. The lowest BCUT2D eigenvalue weighted by molar-refractivity contribution is 0.293. The lowest BCUT2D eigenvalue weighted by Crippen LogP contribution is -2.47. The van der Waals surface area contributed by atoms with Gasteiger partial charge < -0.3 is 9.46 Å². The summed E-state index contributed by atoms with van der Waals surface area (Å²) in [5.74, 6) is 0.802. The van der Waals surface area contributed by atoms with Crippen molar-refractivity contribution in [2.24, 2.45) is 0 Å². The van der Waals surface area contributed by atoms with Crippen molar-refractivity contribution < 1.29 is 4.57 Å². The Balaban J connectivity index is 1.90. The second-order valence-corrected chi connectivity index (χ2v) is 8.81. The SMILES string of the molecule is Cc1cnc(N2CCN(CP(C)(C)=O)CC2)nc1. The summed E-state index contributed by atoms with van der Waals surface area (Å²) < 4.78 is 11.8. The highest BCUT2D eigenvalue weighted by Crippen LogP contribution is 2.36. The van der Waals surface area contributed by atoms with E-state index >= 15 is 0 Å². The highest BCUT2D eigenvalue weighted by Gasteiger charge is 2.21. The van der Waals surface area contributed by atoms with Crippen LogP contribution in [0, 0.1) is 6.92 Å². The van der Waals surface area contributed by atoms with Gasteiger partial charge in [0.2, 0.25) is 5.95 Å². The lowest BCUT2D eigenvalue weighted by atomic mass is 10.3. The van der Waals surface area contributed by atoms with Crippen LogP contribution >= 0.6 is 7.14 Å². The molecule has 0 radical (unpaired) electrons. The van der Waals surface area contributed by atoms with Crippen LogP contribution in [0.3, 0.4) is 0 Å². The third-order valence-electron chi connectivity index (χ3n) is 2.96. The second-order valence-electron chi connectivity index (χ2n) is 5.38. The molecule has 2 heterocycles. The smallest absolute Gasteiger partial charge is 0.225 e. The van der Waals surface area contributed by atoms with Gasteiger partial charge in [-0.1, -0.05) is 0 Å². The van der Waals surface area contributed by atoms with Gasteiger partial charge in [-0.2, -0.15) is 0 Å². The first kappa shape index (κ1) is 13.5. The number of hydrogen-bond acceptors (Lipinski definition) is 5. The maximum absolute atomic E-state index is 11.8. The van der Waals surface area contributed by atoms with Crippen molar-refractivity contribution >= 4 is 13.1 Å². The molecule has 0 saturated carbocycles. The average Bonchev–Trinajstić information content (AvgIpc) is 2.29. The van der Waals surface area contributed by atoms with Gasteiger partial charge in [-0.15, -0.1) is 0 Å². The van der Waals surface area contributed by atoms with Crippen molar-refractivity contribution in [2.45, 2.75) is 6.92 Å².